The molecule has 0 aliphatic rings. The number of thioether (sulfide) groups is 1. The van der Waals surface area contributed by atoms with Crippen LogP contribution in [0.3, 0.4) is 0 Å². The number of hydrogen-bond acceptors (Lipinski definition) is 5. The lowest BCUT2D eigenvalue weighted by atomic mass is 10.1. The Labute approximate surface area is 203 Å². The molecule has 0 aliphatic heterocycles. The second-order valence-electron chi connectivity index (χ2n) is 8.34. The first-order valence-corrected chi connectivity index (χ1v) is 13.4. The highest BCUT2D eigenvalue weighted by atomic mass is 32.2. The Morgan fingerprint density at radius 3 is 2.27 bits per heavy atom. The molecule has 4 nitrogen and oxygen atoms in total. The number of unbranched alkanes of at least 4 members (excludes halogenated alkanes) is 8. The Kier molecular flexibility index (Phi) is 13.4. The SMILES string of the molecule is CCCCCCCCCSC(=O)c1ccc(C=Nc2ccc(OCCCCC)cc2)c(O)c1. The largest absolute Gasteiger partial charge is 0.507 e. The van der Waals surface area contributed by atoms with Crippen LogP contribution in [-0.2, 0) is 0 Å². The minimum Gasteiger partial charge on any atom is -0.507 e. The lowest BCUT2D eigenvalue weighted by Crippen LogP contribution is -1.96. The number of carbonyl (C=O) groups is 1. The van der Waals surface area contributed by atoms with Gasteiger partial charge in [0.2, 0.25) is 5.12 Å². The van der Waals surface area contributed by atoms with Gasteiger partial charge in [-0.1, -0.05) is 77.0 Å². The summed E-state index contributed by atoms with van der Waals surface area (Å²) in [6, 6.07) is 12.6. The number of phenolic OH excluding ortho intramolecular Hbond substituents is 1. The van der Waals surface area contributed by atoms with Gasteiger partial charge < -0.3 is 9.84 Å². The van der Waals surface area contributed by atoms with Gasteiger partial charge in [-0.2, -0.15) is 0 Å². The summed E-state index contributed by atoms with van der Waals surface area (Å²) in [5.74, 6) is 1.73. The van der Waals surface area contributed by atoms with Crippen LogP contribution >= 0.6 is 11.8 Å². The van der Waals surface area contributed by atoms with E-state index in [-0.39, 0.29) is 10.9 Å². The molecule has 0 heterocycles. The fraction of sp³-hybridized carbons (Fsp3) is 0.500. The van der Waals surface area contributed by atoms with E-state index in [9.17, 15) is 9.90 Å². The van der Waals surface area contributed by atoms with Crippen molar-refractivity contribution in [1.29, 1.82) is 0 Å². The molecule has 0 aliphatic carbocycles. The monoisotopic (exact) mass is 469 g/mol. The average Bonchev–Trinajstić information content (AvgIpc) is 2.83. The molecule has 0 aromatic heterocycles. The number of hydrogen-bond donors (Lipinski definition) is 1. The number of ether oxygens (including phenoxy) is 1. The van der Waals surface area contributed by atoms with Gasteiger partial charge in [0, 0.05) is 23.1 Å². The van der Waals surface area contributed by atoms with E-state index in [1.165, 1.54) is 69.2 Å². The molecule has 180 valence electrons. The molecule has 0 unspecified atom stereocenters. The van der Waals surface area contributed by atoms with Crippen molar-refractivity contribution in [3.05, 3.63) is 53.6 Å². The van der Waals surface area contributed by atoms with Crippen LogP contribution in [0.25, 0.3) is 0 Å². The summed E-state index contributed by atoms with van der Waals surface area (Å²) < 4.78 is 5.72. The van der Waals surface area contributed by atoms with Crippen LogP contribution in [0.4, 0.5) is 5.69 Å². The van der Waals surface area contributed by atoms with Crippen molar-refractivity contribution in [2.75, 3.05) is 12.4 Å². The number of aromatic hydroxyl groups is 1. The van der Waals surface area contributed by atoms with Gasteiger partial charge in [-0.25, -0.2) is 0 Å². The van der Waals surface area contributed by atoms with Crippen LogP contribution < -0.4 is 4.74 Å². The lowest BCUT2D eigenvalue weighted by Gasteiger charge is -2.06. The first-order chi connectivity index (χ1) is 16.1. The van der Waals surface area contributed by atoms with E-state index in [2.05, 4.69) is 18.8 Å². The van der Waals surface area contributed by atoms with Crippen molar-refractivity contribution in [2.45, 2.75) is 78.1 Å². The van der Waals surface area contributed by atoms with Crippen molar-refractivity contribution in [3.63, 3.8) is 0 Å². The standard InChI is InChI=1S/C28H39NO3S/c1-3-5-7-8-9-10-12-20-33-28(31)23-13-14-24(27(30)21-23)22-29-25-15-17-26(18-16-25)32-19-11-6-4-2/h13-18,21-22,30H,3-12,19-20H2,1-2H3. The van der Waals surface area contributed by atoms with Gasteiger partial charge in [-0.3, -0.25) is 9.79 Å². The number of aliphatic imine (C=N–C) groups is 1. The molecule has 0 spiro atoms. The van der Waals surface area contributed by atoms with Crippen molar-refractivity contribution >= 4 is 28.8 Å². The quantitative estimate of drug-likeness (QED) is 0.198. The maximum Gasteiger partial charge on any atom is 0.219 e. The Balaban J connectivity index is 1.77. The zero-order valence-corrected chi connectivity index (χ0v) is 21.0. The first-order valence-electron chi connectivity index (χ1n) is 12.4. The summed E-state index contributed by atoms with van der Waals surface area (Å²) in [6.45, 7) is 5.13. The van der Waals surface area contributed by atoms with E-state index < -0.39 is 0 Å². The molecule has 0 amide bonds. The maximum absolute atomic E-state index is 12.4. The van der Waals surface area contributed by atoms with E-state index in [0.717, 1.165) is 36.6 Å². The highest BCUT2D eigenvalue weighted by molar-refractivity contribution is 8.14. The molecule has 5 heteroatoms. The summed E-state index contributed by atoms with van der Waals surface area (Å²) in [5, 5.41) is 10.4. The molecule has 1 N–H and O–H groups in total. The number of carbonyl (C=O) groups excluding carboxylic acids is 1. The number of rotatable bonds is 16. The molecule has 2 rings (SSSR count). The van der Waals surface area contributed by atoms with Crippen molar-refractivity contribution in [2.24, 2.45) is 4.99 Å². The van der Waals surface area contributed by atoms with Crippen molar-refractivity contribution in [1.82, 2.24) is 0 Å². The summed E-state index contributed by atoms with van der Waals surface area (Å²) in [5.41, 5.74) is 1.89. The molecule has 0 radical (unpaired) electrons. The third-order valence-electron chi connectivity index (χ3n) is 5.45. The van der Waals surface area contributed by atoms with E-state index in [4.69, 9.17) is 4.74 Å². The minimum absolute atomic E-state index is 0.00861. The predicted molar refractivity (Wildman–Crippen MR) is 142 cm³/mol. The van der Waals surface area contributed by atoms with Gasteiger partial charge in [-0.15, -0.1) is 0 Å². The molecule has 33 heavy (non-hydrogen) atoms. The van der Waals surface area contributed by atoms with Gasteiger partial charge in [0.05, 0.1) is 12.3 Å². The third kappa shape index (κ3) is 10.9. The molecular weight excluding hydrogens is 430 g/mol. The Bertz CT molecular complexity index is 849. The van der Waals surface area contributed by atoms with Crippen LogP contribution in [0.5, 0.6) is 11.5 Å². The van der Waals surface area contributed by atoms with Crippen LogP contribution in [-0.4, -0.2) is 28.8 Å². The topological polar surface area (TPSA) is 58.9 Å². The van der Waals surface area contributed by atoms with Crippen LogP contribution in [0.15, 0.2) is 47.5 Å². The third-order valence-corrected chi connectivity index (χ3v) is 6.44. The van der Waals surface area contributed by atoms with Crippen molar-refractivity contribution in [3.8, 4) is 11.5 Å². The summed E-state index contributed by atoms with van der Waals surface area (Å²) in [6.07, 6.45) is 13.7. The van der Waals surface area contributed by atoms with Gasteiger partial charge in [-0.05, 0) is 55.3 Å². The first kappa shape index (κ1) is 27.0. The van der Waals surface area contributed by atoms with Gasteiger partial charge in [0.15, 0.2) is 0 Å². The molecular formula is C28H39NO3S. The second-order valence-corrected chi connectivity index (χ2v) is 9.41. The number of phenols is 1. The summed E-state index contributed by atoms with van der Waals surface area (Å²) in [7, 11) is 0. The molecule has 0 atom stereocenters. The van der Waals surface area contributed by atoms with E-state index >= 15 is 0 Å². The molecule has 2 aromatic carbocycles. The van der Waals surface area contributed by atoms with Crippen LogP contribution in [0.1, 0.15) is 94.0 Å². The van der Waals surface area contributed by atoms with Crippen LogP contribution in [0.2, 0.25) is 0 Å². The second kappa shape index (κ2) is 16.4. The zero-order chi connectivity index (χ0) is 23.7. The predicted octanol–water partition coefficient (Wildman–Crippen LogP) is 8.34. The number of nitrogens with zero attached hydrogens (tertiary/aromatic N) is 1. The fourth-order valence-corrected chi connectivity index (χ4v) is 4.23. The highest BCUT2D eigenvalue weighted by Gasteiger charge is 2.09. The summed E-state index contributed by atoms with van der Waals surface area (Å²) >= 11 is 1.34. The lowest BCUT2D eigenvalue weighted by molar-refractivity contribution is 0.108. The molecule has 0 fully saturated rings. The maximum atomic E-state index is 12.4. The molecule has 0 bridgehead atoms. The highest BCUT2D eigenvalue weighted by Crippen LogP contribution is 2.23. The van der Waals surface area contributed by atoms with E-state index in [1.54, 1.807) is 18.3 Å². The zero-order valence-electron chi connectivity index (χ0n) is 20.2. The summed E-state index contributed by atoms with van der Waals surface area (Å²) in [4.78, 5) is 16.8. The molecule has 0 saturated heterocycles. The normalized spacial score (nSPS) is 11.2. The Morgan fingerprint density at radius 2 is 1.58 bits per heavy atom. The number of benzene rings is 2. The van der Waals surface area contributed by atoms with E-state index in [1.807, 2.05) is 24.3 Å². The fourth-order valence-electron chi connectivity index (χ4n) is 3.40. The smallest absolute Gasteiger partial charge is 0.219 e. The van der Waals surface area contributed by atoms with Gasteiger partial charge in [0.25, 0.3) is 0 Å². The Hall–Kier alpha value is -2.27. The van der Waals surface area contributed by atoms with Crippen LogP contribution in [0, 0.1) is 0 Å². The van der Waals surface area contributed by atoms with Crippen molar-refractivity contribution < 1.29 is 14.6 Å². The molecule has 0 saturated carbocycles. The van der Waals surface area contributed by atoms with Gasteiger partial charge in [0.1, 0.15) is 11.5 Å². The van der Waals surface area contributed by atoms with E-state index in [0.29, 0.717) is 11.1 Å². The Morgan fingerprint density at radius 1 is 0.909 bits per heavy atom. The van der Waals surface area contributed by atoms with Gasteiger partial charge >= 0.3 is 0 Å². The average molecular weight is 470 g/mol. The minimum atomic E-state index is 0.00861. The molecule has 2 aromatic rings.